The predicted octanol–water partition coefficient (Wildman–Crippen LogP) is 5.45. The van der Waals surface area contributed by atoms with Gasteiger partial charge in [-0.2, -0.15) is 4.98 Å². The number of carbonyl (C=O) groups is 3. The average molecular weight is 733 g/mol. The van der Waals surface area contributed by atoms with Crippen molar-refractivity contribution in [3.63, 3.8) is 0 Å². The van der Waals surface area contributed by atoms with Gasteiger partial charge in [0.2, 0.25) is 12.7 Å². The molecule has 0 fully saturated rings. The van der Waals surface area contributed by atoms with Crippen LogP contribution >= 0.6 is 0 Å². The fourth-order valence-electron chi connectivity index (χ4n) is 4.87. The number of halogens is 1. The number of methoxy groups -OCH3 is 1. The van der Waals surface area contributed by atoms with Crippen molar-refractivity contribution >= 4 is 50.8 Å². The topological polar surface area (TPSA) is 185 Å². The van der Waals surface area contributed by atoms with Crippen molar-refractivity contribution in [3.05, 3.63) is 96.4 Å². The summed E-state index contributed by atoms with van der Waals surface area (Å²) in [5.41, 5.74) is 7.76. The number of carbonyl (C=O) groups excluding carboxylic acids is 3. The number of fused-ring (bicyclic) bond motifs is 1. The number of benzene rings is 3. The Hall–Kier alpha value is -5.87. The highest BCUT2D eigenvalue weighted by Crippen LogP contribution is 2.35. The van der Waals surface area contributed by atoms with Gasteiger partial charge in [0.25, 0.3) is 5.95 Å². The normalized spacial score (nSPS) is 12.2. The summed E-state index contributed by atoms with van der Waals surface area (Å²) in [5.74, 6) is -1.97. The van der Waals surface area contributed by atoms with Crippen LogP contribution in [0.15, 0.2) is 90.0 Å². The Labute approximate surface area is 299 Å². The molecule has 2 heterocycles. The second kappa shape index (κ2) is 15.2. The first-order valence-corrected chi connectivity index (χ1v) is 17.8. The summed E-state index contributed by atoms with van der Waals surface area (Å²) >= 11 is 0. The van der Waals surface area contributed by atoms with E-state index in [-0.39, 0.29) is 40.5 Å². The molecule has 1 unspecified atom stereocenters. The lowest BCUT2D eigenvalue weighted by Gasteiger charge is -2.22. The zero-order valence-corrected chi connectivity index (χ0v) is 29.8. The first-order valence-electron chi connectivity index (χ1n) is 15.9. The van der Waals surface area contributed by atoms with E-state index in [1.54, 1.807) is 63.4 Å². The number of aromatic nitrogens is 3. The summed E-state index contributed by atoms with van der Waals surface area (Å²) in [6, 6.07) is 20.2. The number of rotatable bonds is 12. The van der Waals surface area contributed by atoms with E-state index in [4.69, 9.17) is 19.9 Å². The van der Waals surface area contributed by atoms with E-state index in [1.807, 2.05) is 12.1 Å². The van der Waals surface area contributed by atoms with Crippen molar-refractivity contribution in [2.45, 2.75) is 31.6 Å². The maximum Gasteiger partial charge on any atom is 0.424 e. The highest BCUT2D eigenvalue weighted by molar-refractivity contribution is 7.90. The van der Waals surface area contributed by atoms with E-state index in [0.29, 0.717) is 16.9 Å². The number of pyridine rings is 1. The predicted molar refractivity (Wildman–Crippen MR) is 190 cm³/mol. The van der Waals surface area contributed by atoms with Crippen molar-refractivity contribution in [1.82, 2.24) is 14.6 Å². The molecule has 2 amide bonds. The van der Waals surface area contributed by atoms with Crippen LogP contribution in [0, 0.1) is 11.2 Å². The van der Waals surface area contributed by atoms with E-state index in [1.165, 1.54) is 42.0 Å². The van der Waals surface area contributed by atoms with Crippen LogP contribution in [-0.4, -0.2) is 67.7 Å². The summed E-state index contributed by atoms with van der Waals surface area (Å²) in [6.45, 7) is 4.15. The molecule has 0 aliphatic heterocycles. The molecule has 0 bridgehead atoms. The number of hydrogen-bond acceptors (Lipinski definition) is 11. The number of sulfone groups is 1. The molecule has 0 aliphatic rings. The molecule has 0 aliphatic carbocycles. The zero-order chi connectivity index (χ0) is 37.8. The Morgan fingerprint density at radius 3 is 2.29 bits per heavy atom. The molecule has 1 atom stereocenters. The van der Waals surface area contributed by atoms with E-state index in [0.717, 1.165) is 22.3 Å². The van der Waals surface area contributed by atoms with Gasteiger partial charge in [0.1, 0.15) is 11.6 Å². The van der Waals surface area contributed by atoms with Gasteiger partial charge in [0, 0.05) is 36.3 Å². The smallest absolute Gasteiger partial charge is 0.424 e. The third kappa shape index (κ3) is 8.35. The molecule has 272 valence electrons. The minimum atomic E-state index is -3.63. The standard InChI is InChI=1S/C36H37FN6O8S/c1-22(23-6-11-26(37)12-7-23)32(44)39-27-13-8-24(9-14-27)25-10-17-31-40-34(41-42(31)19-25)43(35(46)51-21-50-33(45)36(2,3)20-38)29-16-15-28(52(5,47)48)18-30(29)49-4/h6-19,22H,20-21,38H2,1-5H3,(H,39,44). The first-order chi connectivity index (χ1) is 24.6. The molecule has 0 radical (unpaired) electrons. The maximum absolute atomic E-state index is 13.6. The summed E-state index contributed by atoms with van der Waals surface area (Å²) < 4.78 is 55.1. The van der Waals surface area contributed by atoms with Gasteiger partial charge in [-0.1, -0.05) is 24.3 Å². The molecular weight excluding hydrogens is 695 g/mol. The van der Waals surface area contributed by atoms with Crippen LogP contribution in [0.3, 0.4) is 0 Å². The second-order valence-electron chi connectivity index (χ2n) is 12.5. The lowest BCUT2D eigenvalue weighted by molar-refractivity contribution is -0.161. The molecule has 0 saturated carbocycles. The number of nitrogens with zero attached hydrogens (tertiary/aromatic N) is 4. The fraction of sp³-hybridized carbons (Fsp3) is 0.250. The lowest BCUT2D eigenvalue weighted by atomic mass is 9.94. The molecule has 0 spiro atoms. The number of nitrogens with two attached hydrogens (primary N) is 1. The molecule has 16 heteroatoms. The zero-order valence-electron chi connectivity index (χ0n) is 29.0. The summed E-state index contributed by atoms with van der Waals surface area (Å²) in [5, 5.41) is 7.37. The SMILES string of the molecule is COc1cc(S(C)(=O)=O)ccc1N(C(=O)OCOC(=O)C(C)(C)CN)c1nc2ccc(-c3ccc(NC(=O)C(C)c4ccc(F)cc4)cc3)cn2n1. The van der Waals surface area contributed by atoms with E-state index in [9.17, 15) is 27.2 Å². The van der Waals surface area contributed by atoms with Gasteiger partial charge in [0.05, 0.1) is 29.0 Å². The number of anilines is 3. The Morgan fingerprint density at radius 1 is 0.981 bits per heavy atom. The van der Waals surface area contributed by atoms with Gasteiger partial charge < -0.3 is 25.3 Å². The first kappa shape index (κ1) is 37.4. The van der Waals surface area contributed by atoms with Crippen LogP contribution in [0.2, 0.25) is 0 Å². The minimum absolute atomic E-state index is 0.0000738. The third-order valence-electron chi connectivity index (χ3n) is 8.21. The average Bonchev–Trinajstić information content (AvgIpc) is 3.54. The summed E-state index contributed by atoms with van der Waals surface area (Å²) in [7, 11) is -2.33. The lowest BCUT2D eigenvalue weighted by Crippen LogP contribution is -2.36. The van der Waals surface area contributed by atoms with Gasteiger partial charge in [-0.3, -0.25) is 9.59 Å². The maximum atomic E-state index is 13.6. The van der Waals surface area contributed by atoms with Gasteiger partial charge >= 0.3 is 12.1 Å². The molecule has 5 aromatic rings. The van der Waals surface area contributed by atoms with Crippen LogP contribution in [0.1, 0.15) is 32.3 Å². The molecule has 14 nitrogen and oxygen atoms in total. The molecule has 5 rings (SSSR count). The Morgan fingerprint density at radius 2 is 1.65 bits per heavy atom. The number of hydrogen-bond donors (Lipinski definition) is 2. The largest absolute Gasteiger partial charge is 0.495 e. The van der Waals surface area contributed by atoms with E-state index < -0.39 is 40.0 Å². The van der Waals surface area contributed by atoms with Crippen LogP contribution in [-0.2, 0) is 28.9 Å². The molecule has 3 aromatic carbocycles. The number of esters is 1. The summed E-state index contributed by atoms with van der Waals surface area (Å²) in [4.78, 5) is 44.2. The molecular formula is C36H37FN6O8S. The third-order valence-corrected chi connectivity index (χ3v) is 9.32. The summed E-state index contributed by atoms with van der Waals surface area (Å²) in [6.07, 6.45) is 1.66. The van der Waals surface area contributed by atoms with Crippen molar-refractivity contribution in [2.24, 2.45) is 11.1 Å². The van der Waals surface area contributed by atoms with Gasteiger partial charge in [-0.25, -0.2) is 27.0 Å². The number of ether oxygens (including phenoxy) is 3. The van der Waals surface area contributed by atoms with Gasteiger partial charge in [-0.15, -0.1) is 5.10 Å². The number of amides is 2. The highest BCUT2D eigenvalue weighted by Gasteiger charge is 2.31. The van der Waals surface area contributed by atoms with Crippen molar-refractivity contribution in [3.8, 4) is 16.9 Å². The Balaban J connectivity index is 1.41. The Kier molecular flexibility index (Phi) is 10.9. The quantitative estimate of drug-likeness (QED) is 0.123. The molecule has 52 heavy (non-hydrogen) atoms. The van der Waals surface area contributed by atoms with E-state index >= 15 is 0 Å². The van der Waals surface area contributed by atoms with Gasteiger partial charge in [0.15, 0.2) is 15.5 Å². The van der Waals surface area contributed by atoms with Crippen molar-refractivity contribution in [2.75, 3.05) is 36.9 Å². The molecule has 2 aromatic heterocycles. The van der Waals surface area contributed by atoms with Gasteiger partial charge in [-0.05, 0) is 80.4 Å². The molecule has 3 N–H and O–H groups in total. The molecule has 0 saturated heterocycles. The monoisotopic (exact) mass is 732 g/mol. The van der Waals surface area contributed by atoms with Crippen LogP contribution in [0.5, 0.6) is 5.75 Å². The van der Waals surface area contributed by atoms with Crippen molar-refractivity contribution in [1.29, 1.82) is 0 Å². The van der Waals surface area contributed by atoms with Crippen molar-refractivity contribution < 1.29 is 41.4 Å². The minimum Gasteiger partial charge on any atom is -0.495 e. The second-order valence-corrected chi connectivity index (χ2v) is 14.5. The van der Waals surface area contributed by atoms with Crippen LogP contribution in [0.4, 0.5) is 26.5 Å². The highest BCUT2D eigenvalue weighted by atomic mass is 32.2. The van der Waals surface area contributed by atoms with E-state index in [2.05, 4.69) is 15.4 Å². The number of nitrogens with one attached hydrogen (secondary N) is 1. The Bertz CT molecular complexity index is 2220. The fourth-order valence-corrected chi connectivity index (χ4v) is 5.51. The van der Waals surface area contributed by atoms with Crippen LogP contribution in [0.25, 0.3) is 16.8 Å². The van der Waals surface area contributed by atoms with Crippen LogP contribution < -0.4 is 20.7 Å².